The Morgan fingerprint density at radius 3 is 1.35 bits per heavy atom. The average Bonchev–Trinajstić information content (AvgIpc) is 3.51. The standard InChI is InChI=1S/C46H32N2/c1-4-12-33(13-5-1)35-20-25-39(26-21-35)47(40-27-22-36(23-28-40)34-14-6-2-7-15-34)41-29-31-43-38(32-41)24-30-45-46(37-16-8-3-9-17-37)42-18-10-11-19-44(42)48(43)45/h1-32H. The quantitative estimate of drug-likeness (QED) is 0.181. The Kier molecular flexibility index (Phi) is 6.84. The van der Waals surface area contributed by atoms with Gasteiger partial charge >= 0.3 is 0 Å². The van der Waals surface area contributed by atoms with Crippen LogP contribution in [0.1, 0.15) is 0 Å². The third-order valence-electron chi connectivity index (χ3n) is 9.37. The second-order valence-corrected chi connectivity index (χ2v) is 12.2. The van der Waals surface area contributed by atoms with Crippen LogP contribution in [0.4, 0.5) is 17.1 Å². The largest absolute Gasteiger partial charge is 0.310 e. The van der Waals surface area contributed by atoms with Crippen molar-refractivity contribution in [2.24, 2.45) is 0 Å². The Balaban J connectivity index is 1.20. The SMILES string of the molecule is c1ccc(-c2ccc(N(c3ccc(-c4ccccc4)cc3)c3ccc4c(ccc5c(-c6ccccc6)c6ccccc6n54)c3)cc2)cc1. The molecule has 0 spiro atoms. The highest BCUT2D eigenvalue weighted by Crippen LogP contribution is 2.41. The Morgan fingerprint density at radius 1 is 0.312 bits per heavy atom. The highest BCUT2D eigenvalue weighted by atomic mass is 15.1. The van der Waals surface area contributed by atoms with Crippen LogP contribution in [0, 0.1) is 0 Å². The number of nitrogens with zero attached hydrogens (tertiary/aromatic N) is 2. The van der Waals surface area contributed by atoms with Gasteiger partial charge in [0.25, 0.3) is 0 Å². The maximum absolute atomic E-state index is 2.42. The molecule has 2 heterocycles. The predicted octanol–water partition coefficient (Wildman–Crippen LogP) is 12.7. The van der Waals surface area contributed by atoms with Crippen molar-refractivity contribution in [3.8, 4) is 33.4 Å². The predicted molar refractivity (Wildman–Crippen MR) is 203 cm³/mol. The topological polar surface area (TPSA) is 7.65 Å². The van der Waals surface area contributed by atoms with E-state index in [4.69, 9.17) is 0 Å². The van der Waals surface area contributed by atoms with Crippen LogP contribution in [0.3, 0.4) is 0 Å². The highest BCUT2D eigenvalue weighted by molar-refractivity contribution is 6.08. The van der Waals surface area contributed by atoms with Gasteiger partial charge in [-0.3, -0.25) is 0 Å². The summed E-state index contributed by atoms with van der Waals surface area (Å²) >= 11 is 0. The second-order valence-electron chi connectivity index (χ2n) is 12.2. The van der Waals surface area contributed by atoms with Crippen molar-refractivity contribution in [3.63, 3.8) is 0 Å². The van der Waals surface area contributed by atoms with Gasteiger partial charge in [-0.1, -0.05) is 140 Å². The molecule has 0 aliphatic carbocycles. The number of hydrogen-bond donors (Lipinski definition) is 0. The molecule has 226 valence electrons. The van der Waals surface area contributed by atoms with Gasteiger partial charge in [-0.25, -0.2) is 0 Å². The Bertz CT molecular complexity index is 2430. The molecule has 0 amide bonds. The summed E-state index contributed by atoms with van der Waals surface area (Å²) in [5.41, 5.74) is 14.3. The lowest BCUT2D eigenvalue weighted by molar-refractivity contribution is 1.28. The van der Waals surface area contributed by atoms with Crippen molar-refractivity contribution in [2.45, 2.75) is 0 Å². The monoisotopic (exact) mass is 612 g/mol. The number of rotatable bonds is 6. The van der Waals surface area contributed by atoms with Crippen LogP contribution in [0.2, 0.25) is 0 Å². The van der Waals surface area contributed by atoms with Crippen LogP contribution in [0.25, 0.3) is 60.7 Å². The molecule has 2 aromatic heterocycles. The summed E-state index contributed by atoms with van der Waals surface area (Å²) in [6, 6.07) is 69.8. The van der Waals surface area contributed by atoms with Crippen LogP contribution in [-0.2, 0) is 0 Å². The number of para-hydroxylation sites is 1. The fraction of sp³-hybridized carbons (Fsp3) is 0. The van der Waals surface area contributed by atoms with E-state index in [1.54, 1.807) is 0 Å². The summed E-state index contributed by atoms with van der Waals surface area (Å²) < 4.78 is 2.42. The highest BCUT2D eigenvalue weighted by Gasteiger charge is 2.18. The minimum Gasteiger partial charge on any atom is -0.310 e. The van der Waals surface area contributed by atoms with Crippen molar-refractivity contribution >= 4 is 44.4 Å². The zero-order valence-corrected chi connectivity index (χ0v) is 26.4. The Morgan fingerprint density at radius 2 is 0.771 bits per heavy atom. The first kappa shape index (κ1) is 27.9. The van der Waals surface area contributed by atoms with E-state index in [1.165, 1.54) is 60.7 Å². The van der Waals surface area contributed by atoms with Crippen LogP contribution in [-0.4, -0.2) is 4.40 Å². The van der Waals surface area contributed by atoms with Gasteiger partial charge in [0.1, 0.15) is 0 Å². The Labute approximate surface area is 280 Å². The van der Waals surface area contributed by atoms with Crippen molar-refractivity contribution in [1.82, 2.24) is 4.40 Å². The molecule has 9 rings (SSSR count). The van der Waals surface area contributed by atoms with Gasteiger partial charge in [0.15, 0.2) is 0 Å². The van der Waals surface area contributed by atoms with E-state index in [0.717, 1.165) is 17.1 Å². The maximum Gasteiger partial charge on any atom is 0.0547 e. The van der Waals surface area contributed by atoms with Gasteiger partial charge in [-0.05, 0) is 82.4 Å². The van der Waals surface area contributed by atoms with Crippen LogP contribution >= 0.6 is 0 Å². The van der Waals surface area contributed by atoms with E-state index in [1.807, 2.05) is 0 Å². The molecule has 0 radical (unpaired) electrons. The summed E-state index contributed by atoms with van der Waals surface area (Å²) in [6.45, 7) is 0. The molecular weight excluding hydrogens is 581 g/mol. The molecule has 0 N–H and O–H groups in total. The molecule has 0 fully saturated rings. The summed E-state index contributed by atoms with van der Waals surface area (Å²) in [5.74, 6) is 0. The van der Waals surface area contributed by atoms with E-state index in [0.29, 0.717) is 0 Å². The van der Waals surface area contributed by atoms with Gasteiger partial charge in [0.05, 0.1) is 16.6 Å². The summed E-state index contributed by atoms with van der Waals surface area (Å²) in [6.07, 6.45) is 0. The number of benzene rings is 7. The number of anilines is 3. The lowest BCUT2D eigenvalue weighted by atomic mass is 10.0. The zero-order chi connectivity index (χ0) is 31.9. The Hall–Kier alpha value is -6.38. The summed E-state index contributed by atoms with van der Waals surface area (Å²) in [7, 11) is 0. The van der Waals surface area contributed by atoms with Crippen molar-refractivity contribution in [1.29, 1.82) is 0 Å². The first-order valence-electron chi connectivity index (χ1n) is 16.4. The molecule has 0 bridgehead atoms. The van der Waals surface area contributed by atoms with Gasteiger partial charge in [0, 0.05) is 33.4 Å². The smallest absolute Gasteiger partial charge is 0.0547 e. The van der Waals surface area contributed by atoms with Crippen LogP contribution in [0.15, 0.2) is 194 Å². The molecule has 2 nitrogen and oxygen atoms in total. The second kappa shape index (κ2) is 11.8. The minimum absolute atomic E-state index is 1.11. The summed E-state index contributed by atoms with van der Waals surface area (Å²) in [5, 5.41) is 2.45. The molecular formula is C46H32N2. The average molecular weight is 613 g/mol. The van der Waals surface area contributed by atoms with Crippen LogP contribution < -0.4 is 4.90 Å². The fourth-order valence-corrected chi connectivity index (χ4v) is 7.09. The molecule has 0 saturated heterocycles. The molecule has 0 saturated carbocycles. The van der Waals surface area contributed by atoms with E-state index in [9.17, 15) is 0 Å². The number of pyridine rings is 1. The van der Waals surface area contributed by atoms with Gasteiger partial charge < -0.3 is 9.30 Å². The molecule has 9 aromatic rings. The van der Waals surface area contributed by atoms with Crippen molar-refractivity contribution in [3.05, 3.63) is 194 Å². The van der Waals surface area contributed by atoms with E-state index >= 15 is 0 Å². The van der Waals surface area contributed by atoms with Gasteiger partial charge in [-0.15, -0.1) is 0 Å². The number of fused-ring (bicyclic) bond motifs is 5. The van der Waals surface area contributed by atoms with Crippen molar-refractivity contribution < 1.29 is 0 Å². The lowest BCUT2D eigenvalue weighted by Crippen LogP contribution is -2.10. The molecule has 0 unspecified atom stereocenters. The molecule has 0 aliphatic rings. The molecule has 0 atom stereocenters. The molecule has 7 aromatic carbocycles. The molecule has 48 heavy (non-hydrogen) atoms. The number of aromatic nitrogens is 1. The maximum atomic E-state index is 2.42. The van der Waals surface area contributed by atoms with E-state index in [2.05, 4.69) is 203 Å². The normalized spacial score (nSPS) is 11.3. The minimum atomic E-state index is 1.11. The van der Waals surface area contributed by atoms with Crippen LogP contribution in [0.5, 0.6) is 0 Å². The van der Waals surface area contributed by atoms with Gasteiger partial charge in [0.2, 0.25) is 0 Å². The lowest BCUT2D eigenvalue weighted by Gasteiger charge is -2.26. The van der Waals surface area contributed by atoms with E-state index in [-0.39, 0.29) is 0 Å². The zero-order valence-electron chi connectivity index (χ0n) is 26.4. The molecule has 0 aliphatic heterocycles. The van der Waals surface area contributed by atoms with E-state index < -0.39 is 0 Å². The fourth-order valence-electron chi connectivity index (χ4n) is 7.09. The number of hydrogen-bond acceptors (Lipinski definition) is 1. The third-order valence-corrected chi connectivity index (χ3v) is 9.37. The van der Waals surface area contributed by atoms with Gasteiger partial charge in [-0.2, -0.15) is 0 Å². The summed E-state index contributed by atoms with van der Waals surface area (Å²) in [4.78, 5) is 2.36. The molecule has 2 heteroatoms. The third kappa shape index (κ3) is 4.83. The first-order chi connectivity index (χ1) is 23.8. The van der Waals surface area contributed by atoms with Crippen molar-refractivity contribution in [2.75, 3.05) is 4.90 Å². The first-order valence-corrected chi connectivity index (χ1v) is 16.4.